The molecule has 6 rings (SSSR count). The van der Waals surface area contributed by atoms with Gasteiger partial charge >= 0.3 is 6.18 Å². The van der Waals surface area contributed by atoms with Crippen molar-refractivity contribution in [3.8, 4) is 0 Å². The van der Waals surface area contributed by atoms with Gasteiger partial charge in [0.2, 0.25) is 17.5 Å². The molecule has 4 aromatic rings. The highest BCUT2D eigenvalue weighted by atomic mass is 19.4. The minimum absolute atomic E-state index is 0.0298. The molecule has 2 amide bonds. The maximum atomic E-state index is 14.0. The molecule has 1 saturated carbocycles. The number of carbonyl (C=O) groups excluding carboxylic acids is 2. The molecule has 0 radical (unpaired) electrons. The molecule has 2 fully saturated rings. The Morgan fingerprint density at radius 3 is 2.58 bits per heavy atom. The third kappa shape index (κ3) is 6.66. The van der Waals surface area contributed by atoms with Crippen LogP contribution in [0.2, 0.25) is 0 Å². The van der Waals surface area contributed by atoms with Gasteiger partial charge in [-0.25, -0.2) is 31.7 Å². The normalized spacial score (nSPS) is 22.4. The largest absolute Gasteiger partial charge is 0.408 e. The van der Waals surface area contributed by atoms with Crippen molar-refractivity contribution in [2.24, 2.45) is 11.3 Å². The number of aryl methyl sites for hydroxylation is 1. The average molecular weight is 688 g/mol. The summed E-state index contributed by atoms with van der Waals surface area (Å²) in [7, 11) is 0. The smallest absolute Gasteiger partial charge is 0.344 e. The average Bonchev–Trinajstić information content (AvgIpc) is 3.82. The molecule has 14 nitrogen and oxygen atoms in total. The Morgan fingerprint density at radius 1 is 1.19 bits per heavy atom. The molecule has 3 atom stereocenters. The monoisotopic (exact) mass is 687 g/mol. The number of nitrogens with one attached hydrogen (secondary N) is 2. The second-order valence-corrected chi connectivity index (χ2v) is 12.1. The van der Waals surface area contributed by atoms with E-state index in [1.165, 1.54) is 27.8 Å². The summed E-state index contributed by atoms with van der Waals surface area (Å²) in [5.74, 6) is -5.33. The molecule has 258 valence electrons. The molecule has 0 bridgehead atoms. The van der Waals surface area contributed by atoms with E-state index in [1.54, 1.807) is 6.92 Å². The van der Waals surface area contributed by atoms with Crippen LogP contribution in [0.3, 0.4) is 0 Å². The Labute approximate surface area is 265 Å². The van der Waals surface area contributed by atoms with Crippen LogP contribution in [0, 0.1) is 11.3 Å². The molecular weight excluding hydrogens is 659 g/mol. The van der Waals surface area contributed by atoms with E-state index in [0.717, 1.165) is 0 Å². The molecular formula is C27H28F7N11O3. The first-order valence-corrected chi connectivity index (χ1v) is 14.9. The predicted molar refractivity (Wildman–Crippen MR) is 145 cm³/mol. The molecule has 1 saturated heterocycles. The number of tetrazole rings is 1. The number of hydrogen-bond donors (Lipinski definition) is 2. The summed E-state index contributed by atoms with van der Waals surface area (Å²) in [4.78, 5) is 32.0. The van der Waals surface area contributed by atoms with E-state index in [0.29, 0.717) is 12.1 Å². The number of halogens is 7. The topological polar surface area (TPSA) is 171 Å². The van der Waals surface area contributed by atoms with Gasteiger partial charge in [-0.2, -0.15) is 23.1 Å². The molecule has 0 spiro atoms. The molecule has 2 aliphatic rings. The molecule has 48 heavy (non-hydrogen) atoms. The lowest BCUT2D eigenvalue weighted by Gasteiger charge is -2.33. The lowest BCUT2D eigenvalue weighted by Crippen LogP contribution is -2.39. The lowest BCUT2D eigenvalue weighted by molar-refractivity contribution is -0.155. The Morgan fingerprint density at radius 2 is 1.94 bits per heavy atom. The van der Waals surface area contributed by atoms with Crippen molar-refractivity contribution >= 4 is 17.5 Å². The quantitative estimate of drug-likeness (QED) is 0.235. The highest BCUT2D eigenvalue weighted by molar-refractivity contribution is 5.93. The number of hydrogen-bond acceptors (Lipinski definition) is 10. The van der Waals surface area contributed by atoms with Crippen molar-refractivity contribution < 1.29 is 45.0 Å². The zero-order valence-corrected chi connectivity index (χ0v) is 25.1. The van der Waals surface area contributed by atoms with Crippen LogP contribution in [0.15, 0.2) is 23.1 Å². The van der Waals surface area contributed by atoms with Crippen molar-refractivity contribution in [2.75, 3.05) is 0 Å². The third-order valence-electron chi connectivity index (χ3n) is 8.76. The molecule has 1 aliphatic carbocycles. The number of nitrogens with zero attached hydrogens (tertiary/aromatic N) is 9. The fraction of sp³-hybridized carbons (Fsp3) is 0.593. The SMILES string of the molecule is CCn1nnc(C[C@]2(Cc3cnn4cc([C@@H](NC(=O)c5nonc5C(F)F)C5CCC(F)(F)CC5)nc4c3)C[C@@H](C(F)(F)F)NC2=O)n1. The van der Waals surface area contributed by atoms with Crippen LogP contribution in [-0.4, -0.2) is 75.1 Å². The minimum atomic E-state index is -4.70. The Hall–Kier alpha value is -4.72. The summed E-state index contributed by atoms with van der Waals surface area (Å²) < 4.78 is 102. The number of aromatic nitrogens is 9. The maximum Gasteiger partial charge on any atom is 0.408 e. The van der Waals surface area contributed by atoms with Crippen LogP contribution < -0.4 is 10.6 Å². The lowest BCUT2D eigenvalue weighted by atomic mass is 9.76. The number of fused-ring (bicyclic) bond motifs is 1. The van der Waals surface area contributed by atoms with Crippen molar-refractivity contribution in [3.05, 3.63) is 46.9 Å². The summed E-state index contributed by atoms with van der Waals surface area (Å²) in [5, 5.41) is 27.1. The van der Waals surface area contributed by atoms with Crippen molar-refractivity contribution in [1.82, 2.24) is 55.8 Å². The van der Waals surface area contributed by atoms with Gasteiger partial charge in [0.25, 0.3) is 12.3 Å². The number of carbonyl (C=O) groups is 2. The van der Waals surface area contributed by atoms with Gasteiger partial charge in [0.1, 0.15) is 6.04 Å². The summed E-state index contributed by atoms with van der Waals surface area (Å²) >= 11 is 0. The van der Waals surface area contributed by atoms with Crippen LogP contribution in [0.4, 0.5) is 30.7 Å². The Bertz CT molecular complexity index is 1800. The molecule has 21 heteroatoms. The van der Waals surface area contributed by atoms with E-state index in [2.05, 4.69) is 45.8 Å². The van der Waals surface area contributed by atoms with E-state index >= 15 is 0 Å². The minimum Gasteiger partial charge on any atom is -0.344 e. The van der Waals surface area contributed by atoms with Crippen molar-refractivity contribution in [3.63, 3.8) is 0 Å². The number of rotatable bonds is 10. The second kappa shape index (κ2) is 12.4. The van der Waals surface area contributed by atoms with Crippen molar-refractivity contribution in [1.29, 1.82) is 0 Å². The van der Waals surface area contributed by atoms with Crippen LogP contribution in [0.25, 0.3) is 5.65 Å². The number of alkyl halides is 7. The summed E-state index contributed by atoms with van der Waals surface area (Å²) in [6.45, 7) is 2.10. The van der Waals surface area contributed by atoms with Crippen molar-refractivity contribution in [2.45, 2.75) is 89.0 Å². The Kier molecular flexibility index (Phi) is 8.56. The number of imidazole rings is 1. The molecule has 1 aliphatic heterocycles. The predicted octanol–water partition coefficient (Wildman–Crippen LogP) is 3.58. The van der Waals surface area contributed by atoms with Crippen LogP contribution in [0.5, 0.6) is 0 Å². The zero-order chi connectivity index (χ0) is 34.4. The van der Waals surface area contributed by atoms with Gasteiger partial charge in [-0.15, -0.1) is 10.2 Å². The Balaban J connectivity index is 1.31. The molecule has 5 heterocycles. The number of amides is 2. The zero-order valence-electron chi connectivity index (χ0n) is 25.1. The first kappa shape index (κ1) is 33.2. The van der Waals surface area contributed by atoms with Gasteiger partial charge in [-0.3, -0.25) is 9.59 Å². The third-order valence-corrected chi connectivity index (χ3v) is 8.76. The van der Waals surface area contributed by atoms with Crippen LogP contribution in [0.1, 0.15) is 84.8 Å². The van der Waals surface area contributed by atoms with E-state index < -0.39 is 84.4 Å². The van der Waals surface area contributed by atoms with Gasteiger partial charge in [-0.1, -0.05) is 0 Å². The van der Waals surface area contributed by atoms with Gasteiger partial charge in [0.15, 0.2) is 17.2 Å². The molecule has 4 aromatic heterocycles. The maximum absolute atomic E-state index is 14.0. The van der Waals surface area contributed by atoms with Gasteiger partial charge < -0.3 is 10.6 Å². The summed E-state index contributed by atoms with van der Waals surface area (Å²) in [6.07, 6.45) is -7.17. The van der Waals surface area contributed by atoms with E-state index in [1.807, 2.05) is 5.32 Å². The molecule has 2 N–H and O–H groups in total. The highest BCUT2D eigenvalue weighted by Crippen LogP contribution is 2.43. The van der Waals surface area contributed by atoms with Gasteiger partial charge in [0.05, 0.1) is 36.1 Å². The van der Waals surface area contributed by atoms with Gasteiger partial charge in [0, 0.05) is 19.3 Å². The van der Waals surface area contributed by atoms with E-state index in [-0.39, 0.29) is 42.8 Å². The first-order chi connectivity index (χ1) is 22.7. The fourth-order valence-electron chi connectivity index (χ4n) is 6.30. The highest BCUT2D eigenvalue weighted by Gasteiger charge is 2.56. The first-order valence-electron chi connectivity index (χ1n) is 14.9. The molecule has 0 aromatic carbocycles. The van der Waals surface area contributed by atoms with E-state index in [4.69, 9.17) is 0 Å². The summed E-state index contributed by atoms with van der Waals surface area (Å²) in [6, 6.07) is -1.65. The van der Waals surface area contributed by atoms with Gasteiger partial charge in [-0.05, 0) is 65.7 Å². The molecule has 0 unspecified atom stereocenters. The van der Waals surface area contributed by atoms with E-state index in [9.17, 15) is 40.3 Å². The standard InChI is InChI=1S/C27H28F7N11O3/c1-2-45-40-17(39-43-45)10-25(9-16(27(32,33)34)37-24(25)47)8-13-7-18-36-15(12-44(18)35-11-13)19(14-3-5-26(30,31)6-4-14)38-23(46)21-20(22(28)29)41-48-42-21/h7,11-12,14,16,19,22H,2-6,8-10H2,1H3,(H,37,47)(H,38,46)/t16-,19-,25-/m0/s1. The fourth-order valence-corrected chi connectivity index (χ4v) is 6.30. The van der Waals surface area contributed by atoms with Crippen LogP contribution in [-0.2, 0) is 24.2 Å². The summed E-state index contributed by atoms with van der Waals surface area (Å²) in [5.41, 5.74) is -2.72. The second-order valence-electron chi connectivity index (χ2n) is 12.1. The van der Waals surface area contributed by atoms with Crippen LogP contribution >= 0.6 is 0 Å².